The quantitative estimate of drug-likeness (QED) is 0.902. The molecule has 0 radical (unpaired) electrons. The van der Waals surface area contributed by atoms with Crippen LogP contribution in [0.4, 0.5) is 0 Å². The van der Waals surface area contributed by atoms with Gasteiger partial charge in [-0.15, -0.1) is 11.3 Å². The Labute approximate surface area is 125 Å². The summed E-state index contributed by atoms with van der Waals surface area (Å²) in [6.07, 6.45) is 0. The highest BCUT2D eigenvalue weighted by atomic mass is 35.5. The maximum atomic E-state index is 6.18. The normalized spacial score (nSPS) is 10.5. The molecule has 2 N–H and O–H groups in total. The third-order valence-electron chi connectivity index (χ3n) is 2.51. The largest absolute Gasteiger partial charge is 0.493 e. The third kappa shape index (κ3) is 3.54. The lowest BCUT2D eigenvalue weighted by atomic mass is 10.2. The number of hydrogen-bond acceptors (Lipinski definition) is 4. The van der Waals surface area contributed by atoms with Crippen LogP contribution in [0.1, 0.15) is 10.4 Å². The molecule has 0 saturated heterocycles. The van der Waals surface area contributed by atoms with Crippen molar-refractivity contribution >= 4 is 34.5 Å². The fraction of sp³-hybridized carbons (Fsp3) is 0.231. The first-order chi connectivity index (χ1) is 9.13. The van der Waals surface area contributed by atoms with E-state index in [1.54, 1.807) is 13.2 Å². The molecule has 1 aromatic heterocycles. The average Bonchev–Trinajstić information content (AvgIpc) is 2.82. The molecule has 0 aliphatic carbocycles. The van der Waals surface area contributed by atoms with Gasteiger partial charge < -0.3 is 15.2 Å². The van der Waals surface area contributed by atoms with Crippen molar-refractivity contribution in [2.45, 2.75) is 13.2 Å². The fourth-order valence-electron chi connectivity index (χ4n) is 1.60. The van der Waals surface area contributed by atoms with Crippen LogP contribution in [0, 0.1) is 0 Å². The Balaban J connectivity index is 2.19. The van der Waals surface area contributed by atoms with E-state index in [2.05, 4.69) is 0 Å². The molecule has 102 valence electrons. The van der Waals surface area contributed by atoms with E-state index in [9.17, 15) is 0 Å². The summed E-state index contributed by atoms with van der Waals surface area (Å²) in [7, 11) is 1.57. The number of thiophene rings is 1. The van der Waals surface area contributed by atoms with E-state index in [0.717, 1.165) is 14.8 Å². The summed E-state index contributed by atoms with van der Waals surface area (Å²) < 4.78 is 11.7. The van der Waals surface area contributed by atoms with Crippen LogP contribution in [-0.4, -0.2) is 7.11 Å². The molecule has 1 heterocycles. The van der Waals surface area contributed by atoms with Crippen LogP contribution < -0.4 is 15.2 Å². The molecule has 3 nitrogen and oxygen atoms in total. The second kappa shape index (κ2) is 6.48. The van der Waals surface area contributed by atoms with E-state index in [4.69, 9.17) is 38.4 Å². The molecular formula is C13H13Cl2NO2S. The van der Waals surface area contributed by atoms with Gasteiger partial charge in [0.1, 0.15) is 6.61 Å². The van der Waals surface area contributed by atoms with Gasteiger partial charge in [0, 0.05) is 11.4 Å². The van der Waals surface area contributed by atoms with Crippen molar-refractivity contribution in [3.8, 4) is 11.5 Å². The molecule has 0 saturated carbocycles. The Morgan fingerprint density at radius 1 is 1.26 bits per heavy atom. The Morgan fingerprint density at radius 3 is 2.63 bits per heavy atom. The van der Waals surface area contributed by atoms with E-state index in [1.165, 1.54) is 11.3 Å². The lowest BCUT2D eigenvalue weighted by Gasteiger charge is -2.13. The average molecular weight is 318 g/mol. The lowest BCUT2D eigenvalue weighted by molar-refractivity contribution is 0.287. The van der Waals surface area contributed by atoms with Crippen LogP contribution in [0.3, 0.4) is 0 Å². The van der Waals surface area contributed by atoms with Crippen molar-refractivity contribution < 1.29 is 9.47 Å². The van der Waals surface area contributed by atoms with E-state index in [0.29, 0.717) is 29.7 Å². The van der Waals surface area contributed by atoms with Gasteiger partial charge in [0.2, 0.25) is 0 Å². The van der Waals surface area contributed by atoms with Crippen molar-refractivity contribution in [3.05, 3.63) is 44.1 Å². The Hall–Kier alpha value is -0.940. The molecule has 0 aliphatic rings. The molecule has 0 unspecified atom stereocenters. The molecular weight excluding hydrogens is 305 g/mol. The van der Waals surface area contributed by atoms with Crippen LogP contribution in [-0.2, 0) is 13.2 Å². The highest BCUT2D eigenvalue weighted by Gasteiger charge is 2.12. The zero-order valence-corrected chi connectivity index (χ0v) is 12.6. The van der Waals surface area contributed by atoms with Gasteiger partial charge in [0.25, 0.3) is 0 Å². The number of ether oxygens (including phenoxy) is 2. The molecule has 0 spiro atoms. The van der Waals surface area contributed by atoms with Crippen LogP contribution in [0.2, 0.25) is 9.36 Å². The van der Waals surface area contributed by atoms with Crippen molar-refractivity contribution in [3.63, 3.8) is 0 Å². The molecule has 0 bridgehead atoms. The molecule has 0 fully saturated rings. The highest BCUT2D eigenvalue weighted by molar-refractivity contribution is 7.16. The molecule has 0 aliphatic heterocycles. The van der Waals surface area contributed by atoms with Gasteiger partial charge in [-0.05, 0) is 29.8 Å². The van der Waals surface area contributed by atoms with Gasteiger partial charge in [0.05, 0.1) is 16.5 Å². The van der Waals surface area contributed by atoms with E-state index in [-0.39, 0.29) is 0 Å². The summed E-state index contributed by atoms with van der Waals surface area (Å²) in [6.45, 7) is 0.798. The smallest absolute Gasteiger partial charge is 0.180 e. The summed E-state index contributed by atoms with van der Waals surface area (Å²) >= 11 is 13.5. The third-order valence-corrected chi connectivity index (χ3v) is 4.00. The molecule has 19 heavy (non-hydrogen) atoms. The van der Waals surface area contributed by atoms with Crippen LogP contribution in [0.25, 0.3) is 0 Å². The lowest BCUT2D eigenvalue weighted by Crippen LogP contribution is -2.01. The SMILES string of the molecule is COc1cc(CN)cc(Cl)c1OCc1ccc(Cl)s1. The van der Waals surface area contributed by atoms with Crippen molar-refractivity contribution in [1.82, 2.24) is 0 Å². The summed E-state index contributed by atoms with van der Waals surface area (Å²) in [5, 5.41) is 0.488. The second-order valence-electron chi connectivity index (χ2n) is 3.81. The summed E-state index contributed by atoms with van der Waals surface area (Å²) in [5.74, 6) is 1.10. The molecule has 2 aromatic rings. The zero-order chi connectivity index (χ0) is 13.8. The fourth-order valence-corrected chi connectivity index (χ4v) is 2.89. The number of hydrogen-bond donors (Lipinski definition) is 1. The van der Waals surface area contributed by atoms with Crippen LogP contribution >= 0.6 is 34.5 Å². The summed E-state index contributed by atoms with van der Waals surface area (Å²) in [4.78, 5) is 1.02. The molecule has 1 aromatic carbocycles. The number of rotatable bonds is 5. The van der Waals surface area contributed by atoms with Gasteiger partial charge in [-0.1, -0.05) is 23.2 Å². The number of benzene rings is 1. The van der Waals surface area contributed by atoms with E-state index >= 15 is 0 Å². The van der Waals surface area contributed by atoms with Gasteiger partial charge in [-0.3, -0.25) is 0 Å². The molecule has 2 rings (SSSR count). The number of halogens is 2. The minimum absolute atomic E-state index is 0.398. The van der Waals surface area contributed by atoms with Crippen molar-refractivity contribution in [2.75, 3.05) is 7.11 Å². The topological polar surface area (TPSA) is 44.5 Å². The first-order valence-electron chi connectivity index (χ1n) is 5.57. The monoisotopic (exact) mass is 317 g/mol. The standard InChI is InChI=1S/C13H13Cl2NO2S/c1-17-11-5-8(6-16)4-10(14)13(11)18-7-9-2-3-12(15)19-9/h2-5H,6-7,16H2,1H3. The number of nitrogens with two attached hydrogens (primary N) is 1. The first kappa shape index (κ1) is 14.5. The molecule has 0 atom stereocenters. The number of methoxy groups -OCH3 is 1. The van der Waals surface area contributed by atoms with Crippen LogP contribution in [0.5, 0.6) is 11.5 Å². The van der Waals surface area contributed by atoms with Gasteiger partial charge in [-0.25, -0.2) is 0 Å². The Bertz CT molecular complexity index is 572. The molecule has 0 amide bonds. The summed E-state index contributed by atoms with van der Waals surface area (Å²) in [6, 6.07) is 7.35. The van der Waals surface area contributed by atoms with Gasteiger partial charge in [-0.2, -0.15) is 0 Å². The minimum Gasteiger partial charge on any atom is -0.493 e. The van der Waals surface area contributed by atoms with Gasteiger partial charge in [0.15, 0.2) is 11.5 Å². The maximum Gasteiger partial charge on any atom is 0.180 e. The first-order valence-corrected chi connectivity index (χ1v) is 7.14. The van der Waals surface area contributed by atoms with E-state index < -0.39 is 0 Å². The van der Waals surface area contributed by atoms with Crippen LogP contribution in [0.15, 0.2) is 24.3 Å². The molecule has 6 heteroatoms. The Kier molecular flexibility index (Phi) is 4.93. The minimum atomic E-state index is 0.398. The van der Waals surface area contributed by atoms with Crippen molar-refractivity contribution in [1.29, 1.82) is 0 Å². The maximum absolute atomic E-state index is 6.18. The zero-order valence-electron chi connectivity index (χ0n) is 10.3. The van der Waals surface area contributed by atoms with E-state index in [1.807, 2.05) is 18.2 Å². The van der Waals surface area contributed by atoms with Crippen molar-refractivity contribution in [2.24, 2.45) is 5.73 Å². The highest BCUT2D eigenvalue weighted by Crippen LogP contribution is 2.37. The van der Waals surface area contributed by atoms with Gasteiger partial charge >= 0.3 is 0 Å². The Morgan fingerprint density at radius 2 is 2.05 bits per heavy atom. The summed E-state index contributed by atoms with van der Waals surface area (Å²) in [5.41, 5.74) is 6.49. The second-order valence-corrected chi connectivity index (χ2v) is 6.01. The predicted molar refractivity (Wildman–Crippen MR) is 79.6 cm³/mol. The predicted octanol–water partition coefficient (Wildman–Crippen LogP) is 4.10.